The molecule has 8 nitrogen and oxygen atoms in total. The topological polar surface area (TPSA) is 83.2 Å². The van der Waals surface area contributed by atoms with E-state index in [2.05, 4.69) is 24.3 Å². The van der Waals surface area contributed by atoms with Gasteiger partial charge in [0, 0.05) is 49.6 Å². The first-order chi connectivity index (χ1) is 13.4. The molecule has 144 valence electrons. The standard InChI is InChI=1S/C19H20N6O2S/c1-13-12-18(25-17(20-13)11-14(2)21-25)23-7-9-24(10-8-23)19-15-5-3-4-6-16(15)28(26,27)22-19/h3-6,11-12H,7-10H2,1-2H3. The van der Waals surface area contributed by atoms with E-state index in [0.29, 0.717) is 29.4 Å². The number of benzene rings is 1. The summed E-state index contributed by atoms with van der Waals surface area (Å²) in [5.74, 6) is 1.57. The van der Waals surface area contributed by atoms with Gasteiger partial charge in [-0.15, -0.1) is 4.40 Å². The molecule has 3 aromatic rings. The number of hydrogen-bond donors (Lipinski definition) is 0. The molecule has 28 heavy (non-hydrogen) atoms. The monoisotopic (exact) mass is 396 g/mol. The highest BCUT2D eigenvalue weighted by Crippen LogP contribution is 2.28. The van der Waals surface area contributed by atoms with Crippen LogP contribution in [0.3, 0.4) is 0 Å². The molecule has 0 atom stereocenters. The van der Waals surface area contributed by atoms with Crippen molar-refractivity contribution in [1.29, 1.82) is 0 Å². The van der Waals surface area contributed by atoms with E-state index in [-0.39, 0.29) is 0 Å². The van der Waals surface area contributed by atoms with Gasteiger partial charge in [0.25, 0.3) is 10.0 Å². The van der Waals surface area contributed by atoms with Crippen LogP contribution in [0.5, 0.6) is 0 Å². The fourth-order valence-corrected chi connectivity index (χ4v) is 5.11. The molecule has 1 saturated heterocycles. The van der Waals surface area contributed by atoms with Gasteiger partial charge in [-0.05, 0) is 26.0 Å². The zero-order valence-corrected chi connectivity index (χ0v) is 16.5. The summed E-state index contributed by atoms with van der Waals surface area (Å²) < 4.78 is 30.6. The normalized spacial score (nSPS) is 18.4. The number of nitrogens with zero attached hydrogens (tertiary/aromatic N) is 6. The van der Waals surface area contributed by atoms with Crippen molar-refractivity contribution in [3.8, 4) is 0 Å². The second-order valence-electron chi connectivity index (χ2n) is 7.17. The van der Waals surface area contributed by atoms with Crippen LogP contribution in [0, 0.1) is 13.8 Å². The van der Waals surface area contributed by atoms with Gasteiger partial charge in [-0.25, -0.2) is 4.98 Å². The number of rotatable bonds is 1. The van der Waals surface area contributed by atoms with E-state index in [1.54, 1.807) is 12.1 Å². The second-order valence-corrected chi connectivity index (χ2v) is 8.74. The lowest BCUT2D eigenvalue weighted by Gasteiger charge is -2.37. The number of piperazine rings is 1. The fourth-order valence-electron chi connectivity index (χ4n) is 3.88. The lowest BCUT2D eigenvalue weighted by atomic mass is 10.1. The Bertz CT molecular complexity index is 1220. The smallest absolute Gasteiger partial charge is 0.285 e. The molecule has 0 N–H and O–H groups in total. The number of hydrogen-bond acceptors (Lipinski definition) is 6. The third-order valence-electron chi connectivity index (χ3n) is 5.17. The first-order valence-corrected chi connectivity index (χ1v) is 10.6. The Hall–Kier alpha value is -2.94. The van der Waals surface area contributed by atoms with E-state index in [4.69, 9.17) is 0 Å². The molecule has 0 radical (unpaired) electrons. The predicted molar refractivity (Wildman–Crippen MR) is 106 cm³/mol. The Labute approximate surface area is 163 Å². The van der Waals surface area contributed by atoms with Crippen LogP contribution < -0.4 is 4.90 Å². The molecule has 2 aliphatic rings. The highest BCUT2D eigenvalue weighted by Gasteiger charge is 2.33. The van der Waals surface area contributed by atoms with Crippen molar-refractivity contribution >= 4 is 27.3 Å². The molecule has 0 saturated carbocycles. The Morgan fingerprint density at radius 1 is 0.929 bits per heavy atom. The maximum Gasteiger partial charge on any atom is 0.285 e. The van der Waals surface area contributed by atoms with Gasteiger partial charge in [0.15, 0.2) is 11.5 Å². The van der Waals surface area contributed by atoms with Crippen molar-refractivity contribution in [1.82, 2.24) is 19.5 Å². The van der Waals surface area contributed by atoms with Crippen molar-refractivity contribution in [3.63, 3.8) is 0 Å². The highest BCUT2D eigenvalue weighted by molar-refractivity contribution is 7.90. The first-order valence-electron chi connectivity index (χ1n) is 9.21. The van der Waals surface area contributed by atoms with Gasteiger partial charge in [-0.3, -0.25) is 0 Å². The van der Waals surface area contributed by atoms with Gasteiger partial charge in [0.05, 0.1) is 5.69 Å². The van der Waals surface area contributed by atoms with Crippen LogP contribution >= 0.6 is 0 Å². The summed E-state index contributed by atoms with van der Waals surface area (Å²) >= 11 is 0. The Morgan fingerprint density at radius 2 is 1.64 bits per heavy atom. The van der Waals surface area contributed by atoms with Crippen LogP contribution in [0.2, 0.25) is 0 Å². The zero-order chi connectivity index (χ0) is 19.5. The number of fused-ring (bicyclic) bond motifs is 2. The summed E-state index contributed by atoms with van der Waals surface area (Å²) in [5.41, 5.74) is 3.42. The number of aryl methyl sites for hydroxylation is 2. The minimum absolute atomic E-state index is 0.297. The van der Waals surface area contributed by atoms with Crippen LogP contribution in [0.4, 0.5) is 5.82 Å². The largest absolute Gasteiger partial charge is 0.353 e. The molecule has 4 heterocycles. The van der Waals surface area contributed by atoms with Crippen molar-refractivity contribution in [2.24, 2.45) is 4.40 Å². The maximum absolute atomic E-state index is 12.3. The average molecular weight is 396 g/mol. The van der Waals surface area contributed by atoms with Crippen LogP contribution in [0.15, 0.2) is 45.7 Å². The quantitative estimate of drug-likeness (QED) is 0.622. The molecular formula is C19H20N6O2S. The van der Waals surface area contributed by atoms with E-state index in [1.165, 1.54) is 0 Å². The molecule has 2 aromatic heterocycles. The zero-order valence-electron chi connectivity index (χ0n) is 15.7. The number of sulfonamides is 1. The van der Waals surface area contributed by atoms with Crippen molar-refractivity contribution in [2.75, 3.05) is 31.1 Å². The van der Waals surface area contributed by atoms with E-state index >= 15 is 0 Å². The van der Waals surface area contributed by atoms with Crippen molar-refractivity contribution < 1.29 is 8.42 Å². The molecule has 1 fully saturated rings. The van der Waals surface area contributed by atoms with E-state index in [9.17, 15) is 8.42 Å². The molecule has 0 spiro atoms. The van der Waals surface area contributed by atoms with Gasteiger partial charge >= 0.3 is 0 Å². The Balaban J connectivity index is 1.43. The predicted octanol–water partition coefficient (Wildman–Crippen LogP) is 1.62. The van der Waals surface area contributed by atoms with Crippen LogP contribution in [0.25, 0.3) is 5.65 Å². The average Bonchev–Trinajstić information content (AvgIpc) is 3.18. The molecule has 5 rings (SSSR count). The van der Waals surface area contributed by atoms with Gasteiger partial charge < -0.3 is 9.80 Å². The summed E-state index contributed by atoms with van der Waals surface area (Å²) in [5, 5.41) is 4.57. The molecular weight excluding hydrogens is 376 g/mol. The summed E-state index contributed by atoms with van der Waals surface area (Å²) in [4.78, 5) is 9.17. The summed E-state index contributed by atoms with van der Waals surface area (Å²) in [6, 6.07) is 11.0. The first kappa shape index (κ1) is 17.2. The number of aromatic nitrogens is 3. The van der Waals surface area contributed by atoms with Crippen molar-refractivity contribution in [2.45, 2.75) is 18.7 Å². The third-order valence-corrected chi connectivity index (χ3v) is 6.50. The maximum atomic E-state index is 12.3. The summed E-state index contributed by atoms with van der Waals surface area (Å²) in [6.07, 6.45) is 0. The lowest BCUT2D eigenvalue weighted by molar-refractivity contribution is 0.384. The highest BCUT2D eigenvalue weighted by atomic mass is 32.2. The number of anilines is 1. The van der Waals surface area contributed by atoms with Gasteiger partial charge in [-0.2, -0.15) is 18.0 Å². The van der Waals surface area contributed by atoms with Crippen LogP contribution in [-0.2, 0) is 10.0 Å². The second kappa shape index (κ2) is 6.03. The minimum atomic E-state index is -3.59. The van der Waals surface area contributed by atoms with Crippen LogP contribution in [0.1, 0.15) is 17.0 Å². The SMILES string of the molecule is Cc1cc(N2CCN(C3=NS(=O)(=O)c4ccccc43)CC2)n2nc(C)cc2n1. The van der Waals surface area contributed by atoms with E-state index < -0.39 is 10.0 Å². The van der Waals surface area contributed by atoms with E-state index in [0.717, 1.165) is 35.9 Å². The van der Waals surface area contributed by atoms with E-state index in [1.807, 2.05) is 42.6 Å². The van der Waals surface area contributed by atoms with Crippen molar-refractivity contribution in [3.05, 3.63) is 53.3 Å². The van der Waals surface area contributed by atoms with Gasteiger partial charge in [-0.1, -0.05) is 12.1 Å². The Kier molecular flexibility index (Phi) is 3.70. The Morgan fingerprint density at radius 3 is 2.43 bits per heavy atom. The van der Waals surface area contributed by atoms with Crippen LogP contribution in [-0.4, -0.2) is 59.9 Å². The summed E-state index contributed by atoms with van der Waals surface area (Å²) in [6.45, 7) is 6.81. The fraction of sp³-hybridized carbons (Fsp3) is 0.316. The molecule has 0 bridgehead atoms. The summed E-state index contributed by atoms with van der Waals surface area (Å²) in [7, 11) is -3.59. The molecule has 0 unspecified atom stereocenters. The third kappa shape index (κ3) is 2.65. The lowest BCUT2D eigenvalue weighted by Crippen LogP contribution is -2.49. The van der Waals surface area contributed by atoms with Gasteiger partial charge in [0.2, 0.25) is 0 Å². The van der Waals surface area contributed by atoms with Gasteiger partial charge in [0.1, 0.15) is 10.7 Å². The molecule has 9 heteroatoms. The molecule has 1 aromatic carbocycles. The number of amidine groups is 1. The molecule has 2 aliphatic heterocycles. The minimum Gasteiger partial charge on any atom is -0.353 e. The molecule has 0 aliphatic carbocycles. The molecule has 0 amide bonds.